The van der Waals surface area contributed by atoms with Gasteiger partial charge in [0.15, 0.2) is 6.61 Å². The van der Waals surface area contributed by atoms with Crippen LogP contribution < -0.4 is 10.7 Å². The molecule has 2 N–H and O–H groups in total. The van der Waals surface area contributed by atoms with Gasteiger partial charge >= 0.3 is 12.0 Å². The van der Waals surface area contributed by atoms with Crippen LogP contribution in [0, 0.1) is 11.7 Å². The highest BCUT2D eigenvalue weighted by atomic mass is 35.5. The normalized spacial score (nSPS) is 24.2. The van der Waals surface area contributed by atoms with Crippen LogP contribution in [-0.4, -0.2) is 41.0 Å². The second-order valence-corrected chi connectivity index (χ2v) is 7.48. The fourth-order valence-electron chi connectivity index (χ4n) is 3.34. The molecule has 1 aliphatic carbocycles. The number of hydrogen-bond donors (Lipinski definition) is 2. The molecule has 8 nitrogen and oxygen atoms in total. The zero-order chi connectivity index (χ0) is 20.5. The van der Waals surface area contributed by atoms with Crippen LogP contribution in [0.5, 0.6) is 0 Å². The van der Waals surface area contributed by atoms with Gasteiger partial charge in [-0.05, 0) is 49.8 Å². The van der Waals surface area contributed by atoms with Crippen LogP contribution in [0.25, 0.3) is 0 Å². The largest absolute Gasteiger partial charge is 0.452 e. The minimum atomic E-state index is -0.991. The predicted molar refractivity (Wildman–Crippen MR) is 95.6 cm³/mol. The molecular formula is C18H19ClFN3O5. The highest BCUT2D eigenvalue weighted by Gasteiger charge is 2.52. The fraction of sp³-hybridized carbons (Fsp3) is 0.444. The van der Waals surface area contributed by atoms with Crippen LogP contribution in [-0.2, 0) is 14.3 Å². The number of imide groups is 1. The van der Waals surface area contributed by atoms with Crippen LogP contribution in [0.1, 0.15) is 43.0 Å². The van der Waals surface area contributed by atoms with Crippen LogP contribution in [0.4, 0.5) is 9.18 Å². The molecular weight excluding hydrogens is 393 g/mol. The number of nitrogens with one attached hydrogen (secondary N) is 2. The van der Waals surface area contributed by atoms with Gasteiger partial charge < -0.3 is 10.1 Å². The molecule has 28 heavy (non-hydrogen) atoms. The predicted octanol–water partition coefficient (Wildman–Crippen LogP) is 2.17. The summed E-state index contributed by atoms with van der Waals surface area (Å²) in [5.41, 5.74) is 1.05. The number of urea groups is 1. The third-order valence-electron chi connectivity index (χ3n) is 5.01. The van der Waals surface area contributed by atoms with E-state index in [2.05, 4.69) is 17.7 Å². The Balaban J connectivity index is 1.57. The third kappa shape index (κ3) is 3.94. The number of halogens is 2. The van der Waals surface area contributed by atoms with Crippen LogP contribution in [0.15, 0.2) is 18.2 Å². The van der Waals surface area contributed by atoms with Crippen molar-refractivity contribution in [1.29, 1.82) is 0 Å². The lowest BCUT2D eigenvalue weighted by Crippen LogP contribution is -2.52. The SMILES string of the molecule is CC1CCC2(CC1)NC(=O)N(NC(=O)COC(=O)c1ccc(F)cc1Cl)C2=O. The zero-order valence-corrected chi connectivity index (χ0v) is 15.8. The van der Waals surface area contributed by atoms with Gasteiger partial charge in [0, 0.05) is 0 Å². The Morgan fingerprint density at radius 2 is 2.04 bits per heavy atom. The number of benzene rings is 1. The van der Waals surface area contributed by atoms with E-state index < -0.39 is 41.8 Å². The minimum absolute atomic E-state index is 0.110. The van der Waals surface area contributed by atoms with E-state index in [9.17, 15) is 23.6 Å². The van der Waals surface area contributed by atoms with Crippen molar-refractivity contribution in [2.45, 2.75) is 38.1 Å². The topological polar surface area (TPSA) is 105 Å². The van der Waals surface area contributed by atoms with E-state index >= 15 is 0 Å². The minimum Gasteiger partial charge on any atom is -0.452 e. The number of hydrazine groups is 1. The summed E-state index contributed by atoms with van der Waals surface area (Å²) in [6, 6.07) is 2.38. The summed E-state index contributed by atoms with van der Waals surface area (Å²) < 4.78 is 17.8. The Bertz CT molecular complexity index is 839. The first-order valence-electron chi connectivity index (χ1n) is 8.80. The first-order valence-corrected chi connectivity index (χ1v) is 9.18. The Kier molecular flexibility index (Phi) is 5.55. The Morgan fingerprint density at radius 1 is 1.36 bits per heavy atom. The third-order valence-corrected chi connectivity index (χ3v) is 5.32. The average Bonchev–Trinajstić information content (AvgIpc) is 2.86. The number of esters is 1. The van der Waals surface area contributed by atoms with Gasteiger partial charge in [-0.1, -0.05) is 18.5 Å². The van der Waals surface area contributed by atoms with E-state index in [4.69, 9.17) is 16.3 Å². The quantitative estimate of drug-likeness (QED) is 0.583. The molecule has 1 saturated heterocycles. The monoisotopic (exact) mass is 411 g/mol. The second kappa shape index (κ2) is 7.75. The molecule has 0 radical (unpaired) electrons. The van der Waals surface area contributed by atoms with E-state index in [0.29, 0.717) is 23.8 Å². The first kappa shape index (κ1) is 20.1. The average molecular weight is 412 g/mol. The molecule has 150 valence electrons. The van der Waals surface area contributed by atoms with Crippen molar-refractivity contribution < 1.29 is 28.3 Å². The summed E-state index contributed by atoms with van der Waals surface area (Å²) in [6.07, 6.45) is 2.60. The van der Waals surface area contributed by atoms with Gasteiger partial charge in [0.2, 0.25) is 0 Å². The molecule has 3 rings (SSSR count). The summed E-state index contributed by atoms with van der Waals surface area (Å²) >= 11 is 5.76. The van der Waals surface area contributed by atoms with Gasteiger partial charge in [0.05, 0.1) is 10.6 Å². The molecule has 1 saturated carbocycles. The van der Waals surface area contributed by atoms with E-state index in [-0.39, 0.29) is 10.6 Å². The van der Waals surface area contributed by atoms with Gasteiger partial charge in [0.1, 0.15) is 11.4 Å². The van der Waals surface area contributed by atoms with Gasteiger partial charge in [-0.2, -0.15) is 5.01 Å². The molecule has 1 aromatic rings. The molecule has 0 atom stereocenters. The number of carbonyl (C=O) groups excluding carboxylic acids is 4. The Hall–Kier alpha value is -2.68. The Labute approximate surface area is 165 Å². The molecule has 1 aromatic carbocycles. The molecule has 2 fully saturated rings. The van der Waals surface area contributed by atoms with Crippen LogP contribution in [0.3, 0.4) is 0 Å². The molecule has 1 heterocycles. The van der Waals surface area contributed by atoms with Crippen molar-refractivity contribution in [3.8, 4) is 0 Å². The van der Waals surface area contributed by atoms with E-state index in [1.165, 1.54) is 0 Å². The van der Waals surface area contributed by atoms with Crippen LogP contribution >= 0.6 is 11.6 Å². The Morgan fingerprint density at radius 3 is 2.68 bits per heavy atom. The highest BCUT2D eigenvalue weighted by Crippen LogP contribution is 2.35. The summed E-state index contributed by atoms with van der Waals surface area (Å²) in [4.78, 5) is 48.8. The summed E-state index contributed by atoms with van der Waals surface area (Å²) in [5, 5.41) is 3.12. The smallest absolute Gasteiger partial charge is 0.344 e. The summed E-state index contributed by atoms with van der Waals surface area (Å²) in [7, 11) is 0. The number of nitrogens with zero attached hydrogens (tertiary/aromatic N) is 1. The van der Waals surface area contributed by atoms with Gasteiger partial charge in [-0.3, -0.25) is 15.0 Å². The molecule has 0 bridgehead atoms. The molecule has 0 aromatic heterocycles. The van der Waals surface area contributed by atoms with Crippen molar-refractivity contribution in [3.05, 3.63) is 34.6 Å². The summed E-state index contributed by atoms with van der Waals surface area (Å²) in [6.45, 7) is 1.34. The second-order valence-electron chi connectivity index (χ2n) is 7.07. The number of hydrogen-bond acceptors (Lipinski definition) is 5. The maximum atomic E-state index is 13.0. The molecule has 1 spiro atoms. The highest BCUT2D eigenvalue weighted by molar-refractivity contribution is 6.33. The standard InChI is InChI=1S/C18H19ClFN3O5/c1-10-4-6-18(7-5-10)16(26)23(17(27)21-18)22-14(24)9-28-15(25)12-3-2-11(20)8-13(12)19/h2-3,8,10H,4-7,9H2,1H3,(H,21,27)(H,22,24). The van der Waals surface area contributed by atoms with E-state index in [0.717, 1.165) is 31.0 Å². The zero-order valence-electron chi connectivity index (χ0n) is 15.1. The summed E-state index contributed by atoms with van der Waals surface area (Å²) in [5.74, 6) is -2.47. The number of carbonyl (C=O) groups is 4. The fourth-order valence-corrected chi connectivity index (χ4v) is 3.58. The van der Waals surface area contributed by atoms with Gasteiger partial charge in [0.25, 0.3) is 11.8 Å². The van der Waals surface area contributed by atoms with Crippen LogP contribution in [0.2, 0.25) is 5.02 Å². The van der Waals surface area contributed by atoms with E-state index in [1.54, 1.807) is 0 Å². The van der Waals surface area contributed by atoms with Crippen molar-refractivity contribution in [1.82, 2.24) is 15.8 Å². The first-order chi connectivity index (χ1) is 13.2. The number of amides is 4. The van der Waals surface area contributed by atoms with Gasteiger partial charge in [-0.25, -0.2) is 14.0 Å². The maximum absolute atomic E-state index is 13.0. The number of rotatable bonds is 4. The lowest BCUT2D eigenvalue weighted by molar-refractivity contribution is -0.141. The van der Waals surface area contributed by atoms with Crippen molar-refractivity contribution in [2.24, 2.45) is 5.92 Å². The van der Waals surface area contributed by atoms with E-state index in [1.807, 2.05) is 0 Å². The van der Waals surface area contributed by atoms with Crippen molar-refractivity contribution in [3.63, 3.8) is 0 Å². The lowest BCUT2D eigenvalue weighted by Gasteiger charge is -2.33. The van der Waals surface area contributed by atoms with Crippen molar-refractivity contribution in [2.75, 3.05) is 6.61 Å². The van der Waals surface area contributed by atoms with Crippen molar-refractivity contribution >= 4 is 35.4 Å². The molecule has 10 heteroatoms. The molecule has 0 unspecified atom stereocenters. The maximum Gasteiger partial charge on any atom is 0.344 e. The molecule has 2 aliphatic rings. The lowest BCUT2D eigenvalue weighted by atomic mass is 9.77. The molecule has 4 amide bonds. The molecule has 1 aliphatic heterocycles. The van der Waals surface area contributed by atoms with Gasteiger partial charge in [-0.15, -0.1) is 0 Å². The number of ether oxygens (including phenoxy) is 1.